The molecule has 1 amide bonds. The highest BCUT2D eigenvalue weighted by atomic mass is 16.1. The molecule has 3 rings (SSSR count). The van der Waals surface area contributed by atoms with Crippen LogP contribution in [0.3, 0.4) is 0 Å². The zero-order valence-corrected chi connectivity index (χ0v) is 12.5. The number of carbonyl (C=O) groups excluding carboxylic acids is 1. The number of aromatic nitrogens is 3. The van der Waals surface area contributed by atoms with Gasteiger partial charge in [-0.1, -0.05) is 12.5 Å². The van der Waals surface area contributed by atoms with Crippen molar-refractivity contribution in [1.29, 1.82) is 0 Å². The number of amides is 1. The maximum Gasteiger partial charge on any atom is 0.222 e. The Morgan fingerprint density at radius 1 is 1.32 bits per heavy atom. The van der Waals surface area contributed by atoms with Gasteiger partial charge in [0.05, 0.1) is 5.92 Å². The molecule has 0 spiro atoms. The first-order chi connectivity index (χ1) is 10.6. The fraction of sp³-hybridized carbons (Fsp3) is 0.375. The van der Waals surface area contributed by atoms with E-state index in [0.29, 0.717) is 11.6 Å². The summed E-state index contributed by atoms with van der Waals surface area (Å²) in [5.74, 6) is 0.919. The van der Waals surface area contributed by atoms with Crippen LogP contribution in [-0.2, 0) is 4.79 Å². The van der Waals surface area contributed by atoms with Gasteiger partial charge in [-0.05, 0) is 31.9 Å². The predicted octanol–water partition coefficient (Wildman–Crippen LogP) is 1.91. The second-order valence-corrected chi connectivity index (χ2v) is 5.62. The molecule has 0 aliphatic heterocycles. The first kappa shape index (κ1) is 14.4. The molecule has 0 unspecified atom stereocenters. The van der Waals surface area contributed by atoms with Gasteiger partial charge in [0.15, 0.2) is 5.82 Å². The van der Waals surface area contributed by atoms with Crippen LogP contribution in [0.15, 0.2) is 30.5 Å². The van der Waals surface area contributed by atoms with E-state index in [9.17, 15) is 4.79 Å². The Hall–Kier alpha value is -2.50. The molecule has 2 atom stereocenters. The zero-order valence-electron chi connectivity index (χ0n) is 12.5. The Balaban J connectivity index is 1.85. The van der Waals surface area contributed by atoms with Gasteiger partial charge >= 0.3 is 0 Å². The smallest absolute Gasteiger partial charge is 0.222 e. The zero-order chi connectivity index (χ0) is 15.5. The molecular formula is C16H19N5O. The second-order valence-electron chi connectivity index (χ2n) is 5.62. The third-order valence-corrected chi connectivity index (χ3v) is 3.96. The van der Waals surface area contributed by atoms with Gasteiger partial charge in [-0.25, -0.2) is 9.97 Å². The number of primary amides is 1. The van der Waals surface area contributed by atoms with Crippen molar-refractivity contribution < 1.29 is 4.79 Å². The summed E-state index contributed by atoms with van der Waals surface area (Å²) in [4.78, 5) is 24.7. The highest BCUT2D eigenvalue weighted by molar-refractivity contribution is 5.78. The number of pyridine rings is 1. The molecule has 1 aliphatic carbocycles. The number of hydrogen-bond donors (Lipinski definition) is 2. The number of rotatable bonds is 4. The van der Waals surface area contributed by atoms with Crippen LogP contribution in [0.1, 0.15) is 25.0 Å². The van der Waals surface area contributed by atoms with Crippen molar-refractivity contribution in [3.63, 3.8) is 0 Å². The minimum atomic E-state index is -0.245. The van der Waals surface area contributed by atoms with Gasteiger partial charge in [0, 0.05) is 24.0 Å². The summed E-state index contributed by atoms with van der Waals surface area (Å²) in [5, 5.41) is 3.34. The number of aryl methyl sites for hydroxylation is 1. The SMILES string of the molecule is Cc1cc(N[C@@H]2CCC[C@@H]2C(N)=O)nc(-c2ccccn2)n1. The van der Waals surface area contributed by atoms with E-state index in [4.69, 9.17) is 5.73 Å². The average molecular weight is 297 g/mol. The van der Waals surface area contributed by atoms with Crippen molar-refractivity contribution in [2.45, 2.75) is 32.2 Å². The van der Waals surface area contributed by atoms with Crippen molar-refractivity contribution in [2.24, 2.45) is 11.7 Å². The Morgan fingerprint density at radius 3 is 2.91 bits per heavy atom. The van der Waals surface area contributed by atoms with Gasteiger partial charge in [0.2, 0.25) is 5.91 Å². The molecule has 0 bridgehead atoms. The lowest BCUT2D eigenvalue weighted by Gasteiger charge is -2.19. The van der Waals surface area contributed by atoms with Crippen LogP contribution < -0.4 is 11.1 Å². The molecule has 6 nitrogen and oxygen atoms in total. The quantitative estimate of drug-likeness (QED) is 0.899. The van der Waals surface area contributed by atoms with Crippen molar-refractivity contribution in [3.8, 4) is 11.5 Å². The fourth-order valence-electron chi connectivity index (χ4n) is 2.92. The van der Waals surface area contributed by atoms with Gasteiger partial charge in [-0.3, -0.25) is 9.78 Å². The van der Waals surface area contributed by atoms with E-state index in [0.717, 1.165) is 30.7 Å². The van der Waals surface area contributed by atoms with Crippen LogP contribution in [0.2, 0.25) is 0 Å². The molecule has 2 aromatic rings. The number of carbonyl (C=O) groups is 1. The number of nitrogens with two attached hydrogens (primary N) is 1. The Kier molecular flexibility index (Phi) is 4.00. The molecule has 1 saturated carbocycles. The topological polar surface area (TPSA) is 93.8 Å². The third kappa shape index (κ3) is 3.05. The molecule has 1 fully saturated rings. The first-order valence-electron chi connectivity index (χ1n) is 7.46. The Bertz CT molecular complexity index is 673. The summed E-state index contributed by atoms with van der Waals surface area (Å²) in [5.41, 5.74) is 7.05. The van der Waals surface area contributed by atoms with Crippen molar-refractivity contribution in [2.75, 3.05) is 5.32 Å². The van der Waals surface area contributed by atoms with E-state index in [1.807, 2.05) is 31.2 Å². The predicted molar refractivity (Wildman–Crippen MR) is 83.9 cm³/mol. The molecule has 1 aliphatic rings. The summed E-state index contributed by atoms with van der Waals surface area (Å²) in [6.45, 7) is 1.92. The number of nitrogens with zero attached hydrogens (tertiary/aromatic N) is 3. The van der Waals surface area contributed by atoms with Crippen molar-refractivity contribution in [3.05, 3.63) is 36.2 Å². The van der Waals surface area contributed by atoms with Crippen LogP contribution in [0.25, 0.3) is 11.5 Å². The van der Waals surface area contributed by atoms with Crippen molar-refractivity contribution in [1.82, 2.24) is 15.0 Å². The molecule has 6 heteroatoms. The van der Waals surface area contributed by atoms with Crippen LogP contribution in [0.4, 0.5) is 5.82 Å². The van der Waals surface area contributed by atoms with Gasteiger partial charge < -0.3 is 11.1 Å². The molecule has 3 N–H and O–H groups in total. The van der Waals surface area contributed by atoms with Crippen molar-refractivity contribution >= 4 is 11.7 Å². The normalized spacial score (nSPS) is 20.8. The molecule has 2 aromatic heterocycles. The standard InChI is InChI=1S/C16H19N5O/c1-10-9-14(20-12-7-4-5-11(12)15(17)22)21-16(19-10)13-6-2-3-8-18-13/h2-3,6,8-9,11-12H,4-5,7H2,1H3,(H2,17,22)(H,19,20,21)/t11-,12+/m0/s1. The van der Waals surface area contributed by atoms with Crippen LogP contribution in [0.5, 0.6) is 0 Å². The van der Waals surface area contributed by atoms with Crippen LogP contribution in [-0.4, -0.2) is 26.9 Å². The molecule has 0 saturated heterocycles. The van der Waals surface area contributed by atoms with E-state index < -0.39 is 0 Å². The maximum atomic E-state index is 11.5. The monoisotopic (exact) mass is 297 g/mol. The molecule has 0 radical (unpaired) electrons. The summed E-state index contributed by atoms with van der Waals surface area (Å²) >= 11 is 0. The Morgan fingerprint density at radius 2 is 2.18 bits per heavy atom. The number of nitrogens with one attached hydrogen (secondary N) is 1. The van der Waals surface area contributed by atoms with Crippen LogP contribution >= 0.6 is 0 Å². The lowest BCUT2D eigenvalue weighted by molar-refractivity contribution is -0.121. The number of hydrogen-bond acceptors (Lipinski definition) is 5. The first-order valence-corrected chi connectivity index (χ1v) is 7.46. The van der Waals surface area contributed by atoms with E-state index in [1.165, 1.54) is 0 Å². The summed E-state index contributed by atoms with van der Waals surface area (Å²) in [6.07, 6.45) is 4.48. The van der Waals surface area contributed by atoms with Gasteiger partial charge in [-0.2, -0.15) is 0 Å². The highest BCUT2D eigenvalue weighted by Crippen LogP contribution is 2.28. The van der Waals surface area contributed by atoms with Gasteiger partial charge in [0.25, 0.3) is 0 Å². The Labute approximate surface area is 129 Å². The summed E-state index contributed by atoms with van der Waals surface area (Å²) in [7, 11) is 0. The van der Waals surface area contributed by atoms with E-state index in [2.05, 4.69) is 20.3 Å². The lowest BCUT2D eigenvalue weighted by Crippen LogP contribution is -2.34. The molecule has 114 valence electrons. The average Bonchev–Trinajstić information content (AvgIpc) is 2.96. The second kappa shape index (κ2) is 6.09. The van der Waals surface area contributed by atoms with E-state index in [1.54, 1.807) is 6.20 Å². The fourth-order valence-corrected chi connectivity index (χ4v) is 2.92. The number of anilines is 1. The summed E-state index contributed by atoms with van der Waals surface area (Å²) in [6, 6.07) is 7.56. The van der Waals surface area contributed by atoms with Gasteiger partial charge in [-0.15, -0.1) is 0 Å². The van der Waals surface area contributed by atoms with Gasteiger partial charge in [0.1, 0.15) is 11.5 Å². The summed E-state index contributed by atoms with van der Waals surface area (Å²) < 4.78 is 0. The molecule has 22 heavy (non-hydrogen) atoms. The van der Waals surface area contributed by atoms with E-state index >= 15 is 0 Å². The van der Waals surface area contributed by atoms with E-state index in [-0.39, 0.29) is 17.9 Å². The highest BCUT2D eigenvalue weighted by Gasteiger charge is 2.31. The minimum absolute atomic E-state index is 0.0448. The molecule has 0 aromatic carbocycles. The minimum Gasteiger partial charge on any atom is -0.369 e. The lowest BCUT2D eigenvalue weighted by atomic mass is 10.0. The third-order valence-electron chi connectivity index (χ3n) is 3.96. The molecular weight excluding hydrogens is 278 g/mol. The molecule has 2 heterocycles. The maximum absolute atomic E-state index is 11.5. The van der Waals surface area contributed by atoms with Crippen LogP contribution in [0, 0.1) is 12.8 Å². The largest absolute Gasteiger partial charge is 0.369 e.